The van der Waals surface area contributed by atoms with Gasteiger partial charge in [0.25, 0.3) is 5.91 Å². The number of aromatic amines is 1. The third-order valence-corrected chi connectivity index (χ3v) is 6.23. The van der Waals surface area contributed by atoms with Crippen molar-refractivity contribution in [2.75, 3.05) is 5.32 Å². The quantitative estimate of drug-likeness (QED) is 0.805. The summed E-state index contributed by atoms with van der Waals surface area (Å²) in [5.41, 5.74) is 6.82. The van der Waals surface area contributed by atoms with Crippen molar-refractivity contribution >= 4 is 22.8 Å². The molecule has 24 heavy (non-hydrogen) atoms. The number of hydrogen-bond acceptors (Lipinski definition) is 4. The van der Waals surface area contributed by atoms with Crippen LogP contribution in [0.4, 0.5) is 10.1 Å². The molecule has 4 bridgehead atoms. The first-order valence-corrected chi connectivity index (χ1v) is 8.60. The van der Waals surface area contributed by atoms with Crippen LogP contribution in [0.15, 0.2) is 12.5 Å². The molecule has 4 saturated carbocycles. The number of alkyl halides is 1. The number of nitrogens with zero attached hydrogens (tertiary/aromatic N) is 2. The van der Waals surface area contributed by atoms with Gasteiger partial charge in [-0.1, -0.05) is 0 Å². The summed E-state index contributed by atoms with van der Waals surface area (Å²) in [4.78, 5) is 23.2. The molecule has 0 saturated heterocycles. The van der Waals surface area contributed by atoms with Gasteiger partial charge in [0, 0.05) is 12.2 Å². The molecule has 7 heteroatoms. The number of fused-ring (bicyclic) bond motifs is 1. The lowest BCUT2D eigenvalue weighted by atomic mass is 9.53. The van der Waals surface area contributed by atoms with Gasteiger partial charge < -0.3 is 16.0 Å². The van der Waals surface area contributed by atoms with Gasteiger partial charge in [-0.05, 0) is 49.9 Å². The van der Waals surface area contributed by atoms with Crippen molar-refractivity contribution in [3.05, 3.63) is 18.1 Å². The number of nitrogens with two attached hydrogens (primary N) is 1. The Kier molecular flexibility index (Phi) is 2.76. The zero-order valence-electron chi connectivity index (χ0n) is 13.3. The van der Waals surface area contributed by atoms with E-state index < -0.39 is 11.6 Å². The molecule has 2 atom stereocenters. The summed E-state index contributed by atoms with van der Waals surface area (Å²) in [6.07, 6.45) is 7.16. The average molecular weight is 329 g/mol. The topological polar surface area (TPSA) is 96.7 Å². The third kappa shape index (κ3) is 1.96. The third-order valence-electron chi connectivity index (χ3n) is 6.23. The highest BCUT2D eigenvalue weighted by atomic mass is 19.1. The summed E-state index contributed by atoms with van der Waals surface area (Å²) in [7, 11) is 0. The van der Waals surface area contributed by atoms with E-state index in [1.165, 1.54) is 6.20 Å². The number of amides is 1. The lowest BCUT2D eigenvalue weighted by Crippen LogP contribution is -2.57. The number of anilines is 1. The Balaban J connectivity index is 1.54. The molecule has 1 amide bonds. The molecule has 0 spiro atoms. The number of carbonyl (C=O) groups excluding carboxylic acids is 1. The van der Waals surface area contributed by atoms with E-state index in [0.717, 1.165) is 19.3 Å². The molecule has 2 aromatic rings. The number of hydrogen-bond donors (Lipinski definition) is 3. The fourth-order valence-corrected chi connectivity index (χ4v) is 5.56. The van der Waals surface area contributed by atoms with Gasteiger partial charge in [-0.2, -0.15) is 0 Å². The molecule has 6 rings (SSSR count). The van der Waals surface area contributed by atoms with Gasteiger partial charge in [0.05, 0.1) is 17.6 Å². The second-order valence-corrected chi connectivity index (χ2v) is 7.80. The summed E-state index contributed by atoms with van der Waals surface area (Å²) in [5, 5.41) is 3.54. The van der Waals surface area contributed by atoms with Crippen molar-refractivity contribution in [2.24, 2.45) is 23.5 Å². The number of halogens is 1. The SMILES string of the molecule is NC(=O)c1cnc2nc[nH]c2c1NC1C2CC3CC1CC(F)(C3)C2. The lowest BCUT2D eigenvalue weighted by molar-refractivity contribution is -0.0800. The van der Waals surface area contributed by atoms with Crippen molar-refractivity contribution in [2.45, 2.75) is 43.8 Å². The highest BCUT2D eigenvalue weighted by molar-refractivity contribution is 6.04. The number of nitrogens with one attached hydrogen (secondary N) is 2. The number of carbonyl (C=O) groups is 1. The van der Waals surface area contributed by atoms with Crippen LogP contribution in [-0.2, 0) is 0 Å². The second-order valence-electron chi connectivity index (χ2n) is 7.80. The van der Waals surface area contributed by atoms with Crippen LogP contribution in [0.1, 0.15) is 42.5 Å². The molecular weight excluding hydrogens is 309 g/mol. The number of aromatic nitrogens is 3. The number of rotatable bonds is 3. The largest absolute Gasteiger partial charge is 0.379 e. The highest BCUT2D eigenvalue weighted by Crippen LogP contribution is 2.58. The zero-order valence-corrected chi connectivity index (χ0v) is 13.3. The predicted octanol–water partition coefficient (Wildman–Crippen LogP) is 2.39. The Bertz CT molecular complexity index is 817. The zero-order chi connectivity index (χ0) is 16.5. The van der Waals surface area contributed by atoms with Crippen LogP contribution in [0.5, 0.6) is 0 Å². The normalized spacial score (nSPS) is 37.0. The molecule has 126 valence electrons. The summed E-state index contributed by atoms with van der Waals surface area (Å²) in [6, 6.07) is 0.178. The van der Waals surface area contributed by atoms with Crippen LogP contribution in [0, 0.1) is 17.8 Å². The molecule has 2 unspecified atom stereocenters. The summed E-state index contributed by atoms with van der Waals surface area (Å²) in [5.74, 6) is 0.624. The first-order chi connectivity index (χ1) is 11.5. The first-order valence-electron chi connectivity index (χ1n) is 8.60. The number of primary amides is 1. The molecule has 0 aliphatic heterocycles. The minimum absolute atomic E-state index is 0.178. The molecule has 4 N–H and O–H groups in total. The maximum Gasteiger partial charge on any atom is 0.252 e. The molecule has 0 aromatic carbocycles. The highest BCUT2D eigenvalue weighted by Gasteiger charge is 2.56. The maximum atomic E-state index is 14.9. The molecule has 4 aliphatic carbocycles. The van der Waals surface area contributed by atoms with E-state index in [1.54, 1.807) is 6.33 Å². The summed E-state index contributed by atoms with van der Waals surface area (Å²) < 4.78 is 14.9. The van der Waals surface area contributed by atoms with E-state index >= 15 is 0 Å². The van der Waals surface area contributed by atoms with Gasteiger partial charge in [0.1, 0.15) is 11.2 Å². The predicted molar refractivity (Wildman–Crippen MR) is 87.2 cm³/mol. The molecule has 4 fully saturated rings. The van der Waals surface area contributed by atoms with Crippen LogP contribution in [0.2, 0.25) is 0 Å². The Hall–Kier alpha value is -2.18. The fourth-order valence-electron chi connectivity index (χ4n) is 5.56. The van der Waals surface area contributed by atoms with Crippen molar-refractivity contribution in [3.8, 4) is 0 Å². The van der Waals surface area contributed by atoms with Crippen molar-refractivity contribution in [1.29, 1.82) is 0 Å². The number of pyridine rings is 1. The number of imidazole rings is 1. The van der Waals surface area contributed by atoms with Gasteiger partial charge in [0.2, 0.25) is 0 Å². The summed E-state index contributed by atoms with van der Waals surface area (Å²) in [6.45, 7) is 0. The van der Waals surface area contributed by atoms with E-state index in [0.29, 0.717) is 53.0 Å². The lowest BCUT2D eigenvalue weighted by Gasteiger charge is -2.57. The van der Waals surface area contributed by atoms with Crippen LogP contribution < -0.4 is 11.1 Å². The van der Waals surface area contributed by atoms with Crippen LogP contribution in [-0.4, -0.2) is 32.6 Å². The molecule has 6 nitrogen and oxygen atoms in total. The minimum atomic E-state index is -0.969. The Morgan fingerprint density at radius 1 is 1.29 bits per heavy atom. The Labute approximate surface area is 138 Å². The molecule has 0 radical (unpaired) electrons. The minimum Gasteiger partial charge on any atom is -0.379 e. The van der Waals surface area contributed by atoms with Gasteiger partial charge in [0.15, 0.2) is 5.65 Å². The maximum absolute atomic E-state index is 14.9. The molecule has 2 heterocycles. The van der Waals surface area contributed by atoms with E-state index in [4.69, 9.17) is 5.73 Å². The van der Waals surface area contributed by atoms with Crippen molar-refractivity contribution in [3.63, 3.8) is 0 Å². The van der Waals surface area contributed by atoms with Crippen LogP contribution >= 0.6 is 0 Å². The van der Waals surface area contributed by atoms with E-state index in [9.17, 15) is 9.18 Å². The van der Waals surface area contributed by atoms with Gasteiger partial charge in [-0.25, -0.2) is 14.4 Å². The smallest absolute Gasteiger partial charge is 0.252 e. The fraction of sp³-hybridized carbons (Fsp3) is 0.588. The molecular formula is C17H20FN5O. The summed E-state index contributed by atoms with van der Waals surface area (Å²) >= 11 is 0. The van der Waals surface area contributed by atoms with E-state index in [1.807, 2.05) is 0 Å². The van der Waals surface area contributed by atoms with Crippen LogP contribution in [0.3, 0.4) is 0 Å². The van der Waals surface area contributed by atoms with E-state index in [-0.39, 0.29) is 6.04 Å². The Morgan fingerprint density at radius 3 is 2.71 bits per heavy atom. The second kappa shape index (κ2) is 4.68. The van der Waals surface area contributed by atoms with Gasteiger partial charge in [-0.3, -0.25) is 4.79 Å². The van der Waals surface area contributed by atoms with Gasteiger partial charge in [-0.15, -0.1) is 0 Å². The first kappa shape index (κ1) is 14.2. The molecule has 4 aliphatic rings. The molecule has 2 aromatic heterocycles. The van der Waals surface area contributed by atoms with E-state index in [2.05, 4.69) is 20.3 Å². The standard InChI is InChI=1S/C17H20FN5O/c18-17-3-8-1-9(4-17)12(10(2-8)5-17)23-13-11(15(19)24)6-20-16-14(13)21-7-22-16/h6-10,12H,1-5H2,(H2,19,24)(H2,20,21,22,23). The average Bonchev–Trinajstić information content (AvgIpc) is 2.97. The van der Waals surface area contributed by atoms with Crippen molar-refractivity contribution < 1.29 is 9.18 Å². The van der Waals surface area contributed by atoms with Crippen LogP contribution in [0.25, 0.3) is 11.2 Å². The number of H-pyrrole nitrogens is 1. The monoisotopic (exact) mass is 329 g/mol. The van der Waals surface area contributed by atoms with Gasteiger partial charge >= 0.3 is 0 Å². The van der Waals surface area contributed by atoms with Crippen molar-refractivity contribution in [1.82, 2.24) is 15.0 Å². The Morgan fingerprint density at radius 2 is 2.04 bits per heavy atom.